The second kappa shape index (κ2) is 14.5. The van der Waals surface area contributed by atoms with E-state index in [1.165, 1.54) is 12.2 Å². The van der Waals surface area contributed by atoms with Gasteiger partial charge in [0.25, 0.3) is 0 Å². The van der Waals surface area contributed by atoms with Crippen LogP contribution in [0.5, 0.6) is 17.2 Å². The van der Waals surface area contributed by atoms with Crippen molar-refractivity contribution < 1.29 is 29.7 Å². The molecule has 3 amide bonds. The second-order valence-electron chi connectivity index (χ2n) is 10.2. The third kappa shape index (κ3) is 8.59. The molecule has 0 saturated carbocycles. The fourth-order valence-corrected chi connectivity index (χ4v) is 4.74. The third-order valence-electron chi connectivity index (χ3n) is 6.92. The summed E-state index contributed by atoms with van der Waals surface area (Å²) in [5.74, 6) is -0.908. The minimum atomic E-state index is -0.360. The lowest BCUT2D eigenvalue weighted by Gasteiger charge is -2.17. The van der Waals surface area contributed by atoms with Crippen molar-refractivity contribution in [2.45, 2.75) is 46.3 Å². The summed E-state index contributed by atoms with van der Waals surface area (Å²) < 4.78 is 0. The lowest BCUT2D eigenvalue weighted by atomic mass is 9.92. The third-order valence-corrected chi connectivity index (χ3v) is 6.92. The Morgan fingerprint density at radius 3 is 1.14 bits per heavy atom. The summed E-state index contributed by atoms with van der Waals surface area (Å²) in [6.07, 6.45) is 3.82. The minimum absolute atomic E-state index is 0.0244. The SMILES string of the molecule is C=CC(=O)NCc1cc(C)c(O)c(Cc2cc(CNC(=O)C=C)cc(Cc3cc(CNC(=O)C=C)cc(C)c3O)c2O)c1. The molecule has 0 unspecified atom stereocenters. The Labute approximate surface area is 251 Å². The van der Waals surface area contributed by atoms with Crippen LogP contribution in [0, 0.1) is 13.8 Å². The largest absolute Gasteiger partial charge is 0.507 e. The smallest absolute Gasteiger partial charge is 0.243 e. The van der Waals surface area contributed by atoms with E-state index >= 15 is 0 Å². The molecule has 0 aromatic heterocycles. The Morgan fingerprint density at radius 2 is 0.837 bits per heavy atom. The molecular weight excluding hydrogens is 546 g/mol. The summed E-state index contributed by atoms with van der Waals surface area (Å²) in [6, 6.07) is 10.5. The van der Waals surface area contributed by atoms with Crippen LogP contribution in [0.15, 0.2) is 74.4 Å². The Morgan fingerprint density at radius 1 is 0.558 bits per heavy atom. The molecule has 0 bridgehead atoms. The van der Waals surface area contributed by atoms with E-state index in [0.29, 0.717) is 38.9 Å². The summed E-state index contributed by atoms with van der Waals surface area (Å²) in [7, 11) is 0. The van der Waals surface area contributed by atoms with Crippen molar-refractivity contribution in [2.75, 3.05) is 0 Å². The fraction of sp³-hybridized carbons (Fsp3) is 0.206. The number of carbonyl (C=O) groups is 3. The highest BCUT2D eigenvalue weighted by atomic mass is 16.3. The first-order chi connectivity index (χ1) is 20.4. The van der Waals surface area contributed by atoms with Gasteiger partial charge in [0, 0.05) is 32.5 Å². The number of hydrogen-bond donors (Lipinski definition) is 6. The maximum absolute atomic E-state index is 11.9. The second-order valence-corrected chi connectivity index (χ2v) is 10.2. The summed E-state index contributed by atoms with van der Waals surface area (Å²) in [5.41, 5.74) is 5.48. The molecule has 3 aromatic carbocycles. The molecule has 0 aliphatic rings. The summed E-state index contributed by atoms with van der Waals surface area (Å²) in [5, 5.41) is 41.3. The zero-order valence-electron chi connectivity index (χ0n) is 24.4. The number of amides is 3. The van der Waals surface area contributed by atoms with E-state index in [-0.39, 0.29) is 67.4 Å². The molecule has 0 aliphatic carbocycles. The standard InChI is InChI=1S/C34H37N3O6/c1-6-29(38)35-17-22-9-20(4)32(41)25(11-22)15-27-13-24(19-37-31(40)8-3)14-28(34(27)43)16-26-12-23(10-21(5)33(26)42)18-36-30(39)7-2/h6-14,41-43H,1-3,15-19H2,4-5H3,(H,35,38)(H,36,39)(H,37,40). The van der Waals surface area contributed by atoms with Gasteiger partial charge in [-0.3, -0.25) is 14.4 Å². The average molecular weight is 584 g/mol. The quantitative estimate of drug-likeness (QED) is 0.168. The first kappa shape index (κ1) is 32.2. The first-order valence-corrected chi connectivity index (χ1v) is 13.6. The van der Waals surface area contributed by atoms with Crippen molar-refractivity contribution in [3.63, 3.8) is 0 Å². The van der Waals surface area contributed by atoms with Crippen LogP contribution >= 0.6 is 0 Å². The highest BCUT2D eigenvalue weighted by molar-refractivity contribution is 5.87. The molecule has 6 N–H and O–H groups in total. The molecule has 0 aliphatic heterocycles. The lowest BCUT2D eigenvalue weighted by molar-refractivity contribution is -0.117. The summed E-state index contributed by atoms with van der Waals surface area (Å²) in [6.45, 7) is 14.5. The average Bonchev–Trinajstić information content (AvgIpc) is 2.99. The molecule has 3 rings (SSSR count). The van der Waals surface area contributed by atoms with Gasteiger partial charge in [0.1, 0.15) is 17.2 Å². The van der Waals surface area contributed by atoms with Gasteiger partial charge in [0.2, 0.25) is 17.7 Å². The van der Waals surface area contributed by atoms with E-state index in [2.05, 4.69) is 35.7 Å². The van der Waals surface area contributed by atoms with Crippen LogP contribution in [0.3, 0.4) is 0 Å². The highest BCUT2D eigenvalue weighted by Gasteiger charge is 2.17. The van der Waals surface area contributed by atoms with Crippen LogP contribution in [-0.4, -0.2) is 33.0 Å². The van der Waals surface area contributed by atoms with Gasteiger partial charge < -0.3 is 31.3 Å². The molecule has 0 saturated heterocycles. The Kier molecular flexibility index (Phi) is 10.9. The molecule has 9 nitrogen and oxygen atoms in total. The topological polar surface area (TPSA) is 148 Å². The monoisotopic (exact) mass is 583 g/mol. The molecule has 0 radical (unpaired) electrons. The molecule has 0 atom stereocenters. The first-order valence-electron chi connectivity index (χ1n) is 13.6. The Bertz CT molecular complexity index is 1490. The van der Waals surface area contributed by atoms with E-state index in [0.717, 1.165) is 17.2 Å². The van der Waals surface area contributed by atoms with Crippen LogP contribution < -0.4 is 16.0 Å². The van der Waals surface area contributed by atoms with E-state index < -0.39 is 0 Å². The summed E-state index contributed by atoms with van der Waals surface area (Å²) >= 11 is 0. The summed E-state index contributed by atoms with van der Waals surface area (Å²) in [4.78, 5) is 35.2. The van der Waals surface area contributed by atoms with Gasteiger partial charge in [-0.1, -0.05) is 31.9 Å². The number of hydrogen-bond acceptors (Lipinski definition) is 6. The van der Waals surface area contributed by atoms with Gasteiger partial charge >= 0.3 is 0 Å². The zero-order valence-corrected chi connectivity index (χ0v) is 24.4. The van der Waals surface area contributed by atoms with E-state index in [4.69, 9.17) is 0 Å². The number of phenolic OH excluding ortho intramolecular Hbond substituents is 3. The van der Waals surface area contributed by atoms with E-state index in [9.17, 15) is 29.7 Å². The van der Waals surface area contributed by atoms with E-state index in [1.807, 2.05) is 0 Å². The number of benzene rings is 3. The van der Waals surface area contributed by atoms with E-state index in [1.54, 1.807) is 50.2 Å². The van der Waals surface area contributed by atoms with Gasteiger partial charge in [-0.15, -0.1) is 0 Å². The van der Waals surface area contributed by atoms with Gasteiger partial charge in [0.05, 0.1) is 0 Å². The minimum Gasteiger partial charge on any atom is -0.507 e. The van der Waals surface area contributed by atoms with Gasteiger partial charge in [0.15, 0.2) is 0 Å². The highest BCUT2D eigenvalue weighted by Crippen LogP contribution is 2.35. The number of aryl methyl sites for hydroxylation is 2. The molecule has 3 aromatic rings. The predicted octanol–water partition coefficient (Wildman–Crippen LogP) is 4.01. The van der Waals surface area contributed by atoms with Crippen LogP contribution in [-0.2, 0) is 46.9 Å². The van der Waals surface area contributed by atoms with Gasteiger partial charge in [-0.2, -0.15) is 0 Å². The lowest BCUT2D eigenvalue weighted by Crippen LogP contribution is -2.20. The van der Waals surface area contributed by atoms with Crippen molar-refractivity contribution in [1.29, 1.82) is 0 Å². The van der Waals surface area contributed by atoms with Crippen molar-refractivity contribution >= 4 is 17.7 Å². The number of phenols is 3. The predicted molar refractivity (Wildman–Crippen MR) is 166 cm³/mol. The van der Waals surface area contributed by atoms with Gasteiger partial charge in [-0.05, 0) is 106 Å². The number of rotatable bonds is 13. The molecular formula is C34H37N3O6. The molecule has 0 heterocycles. The fourth-order valence-electron chi connectivity index (χ4n) is 4.74. The van der Waals surface area contributed by atoms with Crippen molar-refractivity contribution in [3.05, 3.63) is 124 Å². The molecule has 9 heteroatoms. The number of nitrogens with one attached hydrogen (secondary N) is 3. The Balaban J connectivity index is 2.04. The zero-order chi connectivity index (χ0) is 31.7. The maximum Gasteiger partial charge on any atom is 0.243 e. The maximum atomic E-state index is 11.9. The number of carbonyl (C=O) groups excluding carboxylic acids is 3. The normalized spacial score (nSPS) is 10.5. The molecule has 43 heavy (non-hydrogen) atoms. The van der Waals surface area contributed by atoms with Crippen LogP contribution in [0.25, 0.3) is 0 Å². The molecule has 224 valence electrons. The van der Waals surface area contributed by atoms with Gasteiger partial charge in [-0.25, -0.2) is 0 Å². The van der Waals surface area contributed by atoms with Crippen LogP contribution in [0.4, 0.5) is 0 Å². The Hall–Kier alpha value is -5.31. The van der Waals surface area contributed by atoms with Crippen molar-refractivity contribution in [3.8, 4) is 17.2 Å². The number of aromatic hydroxyl groups is 3. The molecule has 0 spiro atoms. The van der Waals surface area contributed by atoms with Crippen molar-refractivity contribution in [1.82, 2.24) is 16.0 Å². The van der Waals surface area contributed by atoms with Crippen LogP contribution in [0.2, 0.25) is 0 Å². The molecule has 0 fully saturated rings. The van der Waals surface area contributed by atoms with Crippen molar-refractivity contribution in [2.24, 2.45) is 0 Å². The van der Waals surface area contributed by atoms with Crippen LogP contribution in [0.1, 0.15) is 50.1 Å².